The molecule has 1 aliphatic heterocycles. The van der Waals surface area contributed by atoms with Crippen LogP contribution in [0.4, 0.5) is 5.69 Å². The first-order valence-electron chi connectivity index (χ1n) is 5.52. The first kappa shape index (κ1) is 11.0. The van der Waals surface area contributed by atoms with Gasteiger partial charge in [0.05, 0.1) is 0 Å². The number of benzene rings is 1. The van der Waals surface area contributed by atoms with Gasteiger partial charge in [0.15, 0.2) is 0 Å². The van der Waals surface area contributed by atoms with E-state index in [0.717, 1.165) is 6.54 Å². The minimum absolute atomic E-state index is 0.345. The van der Waals surface area contributed by atoms with Crippen LogP contribution in [0, 0.1) is 5.41 Å². The average Bonchev–Trinajstić information content (AvgIpc) is 2.15. The number of hydrogen-bond donors (Lipinski definition) is 1. The number of halogens is 1. The Morgan fingerprint density at radius 1 is 1.33 bits per heavy atom. The van der Waals surface area contributed by atoms with Gasteiger partial charge in [0, 0.05) is 16.7 Å². The predicted octanol–water partition coefficient (Wildman–Crippen LogP) is 4.39. The van der Waals surface area contributed by atoms with E-state index in [1.807, 2.05) is 0 Å². The van der Waals surface area contributed by atoms with Gasteiger partial charge in [-0.3, -0.25) is 0 Å². The largest absolute Gasteiger partial charge is 0.385 e. The van der Waals surface area contributed by atoms with E-state index in [2.05, 4.69) is 60.2 Å². The van der Waals surface area contributed by atoms with Crippen molar-refractivity contribution >= 4 is 21.6 Å². The van der Waals surface area contributed by atoms with Crippen molar-refractivity contribution in [2.45, 2.75) is 33.1 Å². The lowest BCUT2D eigenvalue weighted by molar-refractivity contribution is 0.305. The summed E-state index contributed by atoms with van der Waals surface area (Å²) in [5, 5.41) is 3.47. The molecule has 0 aliphatic carbocycles. The van der Waals surface area contributed by atoms with Gasteiger partial charge >= 0.3 is 0 Å². The maximum absolute atomic E-state index is 3.56. The molecule has 1 aromatic rings. The summed E-state index contributed by atoms with van der Waals surface area (Å²) in [6, 6.07) is 6.55. The van der Waals surface area contributed by atoms with Gasteiger partial charge in [-0.05, 0) is 41.5 Å². The van der Waals surface area contributed by atoms with Crippen molar-refractivity contribution in [2.24, 2.45) is 5.41 Å². The molecule has 0 radical (unpaired) electrons. The highest BCUT2D eigenvalue weighted by molar-refractivity contribution is 9.10. The Hall–Kier alpha value is -0.500. The Morgan fingerprint density at radius 2 is 2.07 bits per heavy atom. The molecule has 1 aliphatic rings. The Morgan fingerprint density at radius 3 is 2.73 bits per heavy atom. The number of hydrogen-bond acceptors (Lipinski definition) is 1. The van der Waals surface area contributed by atoms with Crippen LogP contribution in [0.1, 0.15) is 38.7 Å². The van der Waals surface area contributed by atoms with Crippen LogP contribution in [-0.2, 0) is 0 Å². The molecular formula is C13H18BrN. The second-order valence-electron chi connectivity index (χ2n) is 5.37. The smallest absolute Gasteiger partial charge is 0.0376 e. The Balaban J connectivity index is 2.45. The van der Waals surface area contributed by atoms with Crippen molar-refractivity contribution in [3.05, 3.63) is 28.2 Å². The van der Waals surface area contributed by atoms with Gasteiger partial charge in [0.2, 0.25) is 0 Å². The molecule has 0 bridgehead atoms. The third-order valence-electron chi connectivity index (χ3n) is 3.18. The average molecular weight is 268 g/mol. The summed E-state index contributed by atoms with van der Waals surface area (Å²) in [7, 11) is 0. The number of nitrogens with one attached hydrogen (secondary N) is 1. The van der Waals surface area contributed by atoms with E-state index >= 15 is 0 Å². The summed E-state index contributed by atoms with van der Waals surface area (Å²) in [5.41, 5.74) is 3.12. The molecule has 1 nitrogen and oxygen atoms in total. The van der Waals surface area contributed by atoms with Gasteiger partial charge in [0.1, 0.15) is 0 Å². The van der Waals surface area contributed by atoms with Crippen molar-refractivity contribution in [2.75, 3.05) is 11.9 Å². The van der Waals surface area contributed by atoms with E-state index in [4.69, 9.17) is 0 Å². The summed E-state index contributed by atoms with van der Waals surface area (Å²) in [5.74, 6) is 0.659. The molecule has 0 fully saturated rings. The molecule has 1 heterocycles. The first-order valence-corrected chi connectivity index (χ1v) is 6.31. The fraction of sp³-hybridized carbons (Fsp3) is 0.538. The van der Waals surface area contributed by atoms with Gasteiger partial charge < -0.3 is 5.32 Å². The lowest BCUT2D eigenvalue weighted by atomic mass is 9.73. The second-order valence-corrected chi connectivity index (χ2v) is 6.28. The quantitative estimate of drug-likeness (QED) is 0.735. The highest BCUT2D eigenvalue weighted by atomic mass is 79.9. The fourth-order valence-electron chi connectivity index (χ4n) is 2.39. The Kier molecular flexibility index (Phi) is 2.80. The monoisotopic (exact) mass is 267 g/mol. The highest BCUT2D eigenvalue weighted by Gasteiger charge is 2.30. The molecule has 1 N–H and O–H groups in total. The fourth-order valence-corrected chi connectivity index (χ4v) is 2.77. The molecule has 1 unspecified atom stereocenters. The Bertz CT molecular complexity index is 365. The highest BCUT2D eigenvalue weighted by Crippen LogP contribution is 2.43. The van der Waals surface area contributed by atoms with E-state index in [9.17, 15) is 0 Å². The first-order chi connectivity index (χ1) is 6.98. The molecule has 0 aromatic heterocycles. The molecule has 0 amide bonds. The zero-order valence-electron chi connectivity index (χ0n) is 9.60. The van der Waals surface area contributed by atoms with Crippen LogP contribution < -0.4 is 5.32 Å². The molecule has 2 rings (SSSR count). The zero-order valence-corrected chi connectivity index (χ0v) is 11.2. The summed E-state index contributed by atoms with van der Waals surface area (Å²) >= 11 is 3.56. The topological polar surface area (TPSA) is 12.0 Å². The summed E-state index contributed by atoms with van der Waals surface area (Å²) < 4.78 is 1.18. The van der Waals surface area contributed by atoms with Crippen LogP contribution in [-0.4, -0.2) is 6.54 Å². The third-order valence-corrected chi connectivity index (χ3v) is 3.68. The lowest BCUT2D eigenvalue weighted by Crippen LogP contribution is -2.26. The summed E-state index contributed by atoms with van der Waals surface area (Å²) in [6.07, 6.45) is 1.23. The summed E-state index contributed by atoms with van der Waals surface area (Å²) in [6.45, 7) is 8.07. The maximum Gasteiger partial charge on any atom is 0.0376 e. The van der Waals surface area contributed by atoms with Crippen LogP contribution in [0.2, 0.25) is 0 Å². The van der Waals surface area contributed by atoms with E-state index in [1.54, 1.807) is 0 Å². The van der Waals surface area contributed by atoms with Gasteiger partial charge in [0.25, 0.3) is 0 Å². The second kappa shape index (κ2) is 3.82. The minimum atomic E-state index is 0.345. The van der Waals surface area contributed by atoms with Crippen molar-refractivity contribution < 1.29 is 0 Å². The molecule has 82 valence electrons. The van der Waals surface area contributed by atoms with E-state index in [0.29, 0.717) is 11.3 Å². The minimum Gasteiger partial charge on any atom is -0.385 e. The third kappa shape index (κ3) is 2.20. The van der Waals surface area contributed by atoms with Crippen molar-refractivity contribution in [1.82, 2.24) is 0 Å². The standard InChI is InChI=1S/C13H18BrN/c1-13(2,3)11-6-7-15-12-5-4-9(14)8-10(11)12/h4-5,8,11,15H,6-7H2,1-3H3. The molecule has 0 saturated carbocycles. The van der Waals surface area contributed by atoms with Crippen LogP contribution >= 0.6 is 15.9 Å². The van der Waals surface area contributed by atoms with Crippen LogP contribution in [0.5, 0.6) is 0 Å². The molecule has 0 spiro atoms. The normalized spacial score (nSPS) is 20.7. The van der Waals surface area contributed by atoms with Crippen LogP contribution in [0.25, 0.3) is 0 Å². The number of anilines is 1. The molecular weight excluding hydrogens is 250 g/mol. The Labute approximate surface area is 100 Å². The molecule has 1 aromatic carbocycles. The maximum atomic E-state index is 3.56. The zero-order chi connectivity index (χ0) is 11.1. The predicted molar refractivity (Wildman–Crippen MR) is 69.4 cm³/mol. The SMILES string of the molecule is CC(C)(C)C1CCNc2ccc(Br)cc21. The van der Waals surface area contributed by atoms with Gasteiger partial charge in [-0.2, -0.15) is 0 Å². The van der Waals surface area contributed by atoms with Crippen molar-refractivity contribution in [3.63, 3.8) is 0 Å². The van der Waals surface area contributed by atoms with Crippen LogP contribution in [0.15, 0.2) is 22.7 Å². The number of rotatable bonds is 0. The van der Waals surface area contributed by atoms with Crippen LogP contribution in [0.3, 0.4) is 0 Å². The molecule has 2 heteroatoms. The van der Waals surface area contributed by atoms with Gasteiger partial charge in [-0.25, -0.2) is 0 Å². The van der Waals surface area contributed by atoms with E-state index in [-0.39, 0.29) is 0 Å². The molecule has 1 atom stereocenters. The summed E-state index contributed by atoms with van der Waals surface area (Å²) in [4.78, 5) is 0. The number of fused-ring (bicyclic) bond motifs is 1. The van der Waals surface area contributed by atoms with E-state index in [1.165, 1.54) is 22.1 Å². The lowest BCUT2D eigenvalue weighted by Gasteiger charge is -2.36. The van der Waals surface area contributed by atoms with Gasteiger partial charge in [-0.1, -0.05) is 36.7 Å². The van der Waals surface area contributed by atoms with Gasteiger partial charge in [-0.15, -0.1) is 0 Å². The van der Waals surface area contributed by atoms with Crippen molar-refractivity contribution in [3.8, 4) is 0 Å². The molecule has 0 saturated heterocycles. The molecule has 15 heavy (non-hydrogen) atoms. The van der Waals surface area contributed by atoms with E-state index < -0.39 is 0 Å². The van der Waals surface area contributed by atoms with Crippen molar-refractivity contribution in [1.29, 1.82) is 0 Å².